The van der Waals surface area contributed by atoms with Crippen LogP contribution >= 0.6 is 11.6 Å². The average molecular weight is 282 g/mol. The van der Waals surface area contributed by atoms with E-state index in [0.717, 1.165) is 24.9 Å². The average Bonchev–Trinajstić information content (AvgIpc) is 2.42. The molecule has 3 heteroatoms. The highest BCUT2D eigenvalue weighted by Gasteiger charge is 2.17. The van der Waals surface area contributed by atoms with Gasteiger partial charge in [-0.2, -0.15) is 0 Å². The molecule has 0 aromatic heterocycles. The van der Waals surface area contributed by atoms with E-state index in [2.05, 4.69) is 18.3 Å². The molecule has 0 spiro atoms. The molecule has 2 rings (SSSR count). The summed E-state index contributed by atoms with van der Waals surface area (Å²) in [5.74, 6) is -0.222. The minimum Gasteiger partial charge on any atom is -0.310 e. The van der Waals surface area contributed by atoms with Crippen molar-refractivity contribution in [2.75, 3.05) is 6.54 Å². The number of rotatable bonds is 5. The Morgan fingerprint density at radius 3 is 2.89 bits per heavy atom. The van der Waals surface area contributed by atoms with Crippen molar-refractivity contribution in [2.45, 2.75) is 45.1 Å². The van der Waals surface area contributed by atoms with Gasteiger partial charge in [0.25, 0.3) is 0 Å². The fourth-order valence-corrected chi connectivity index (χ4v) is 2.92. The van der Waals surface area contributed by atoms with Gasteiger partial charge in [-0.25, -0.2) is 4.39 Å². The summed E-state index contributed by atoms with van der Waals surface area (Å²) in [7, 11) is 0. The Hall–Kier alpha value is -0.860. The number of halogens is 2. The van der Waals surface area contributed by atoms with E-state index in [4.69, 9.17) is 11.6 Å². The van der Waals surface area contributed by atoms with Gasteiger partial charge in [0.2, 0.25) is 0 Å². The maximum absolute atomic E-state index is 13.4. The molecule has 0 saturated carbocycles. The lowest BCUT2D eigenvalue weighted by Gasteiger charge is -2.23. The van der Waals surface area contributed by atoms with Gasteiger partial charge in [-0.15, -0.1) is 0 Å². The summed E-state index contributed by atoms with van der Waals surface area (Å²) in [5.41, 5.74) is 2.34. The Kier molecular flexibility index (Phi) is 5.41. The standard InChI is InChI=1S/C16H21ClFN/c1-2-19-16(10-12-6-4-3-5-7-12)14-11-13(18)8-9-15(14)17/h6,8-9,11,16,19H,2-5,7,10H2,1H3. The predicted octanol–water partition coefficient (Wildman–Crippen LogP) is 5.02. The van der Waals surface area contributed by atoms with E-state index in [1.165, 1.54) is 30.9 Å². The Balaban J connectivity index is 2.18. The second-order valence-corrected chi connectivity index (χ2v) is 5.50. The van der Waals surface area contributed by atoms with Crippen LogP contribution in [0.25, 0.3) is 0 Å². The number of benzene rings is 1. The maximum atomic E-state index is 13.4. The highest BCUT2D eigenvalue weighted by molar-refractivity contribution is 6.31. The van der Waals surface area contributed by atoms with Crippen LogP contribution in [0.15, 0.2) is 29.8 Å². The van der Waals surface area contributed by atoms with Crippen LogP contribution in [0.3, 0.4) is 0 Å². The molecular weight excluding hydrogens is 261 g/mol. The van der Waals surface area contributed by atoms with Crippen LogP contribution in [0.4, 0.5) is 4.39 Å². The number of nitrogens with one attached hydrogen (secondary N) is 1. The molecule has 0 fully saturated rings. The van der Waals surface area contributed by atoms with Crippen LogP contribution in [0.5, 0.6) is 0 Å². The number of hydrogen-bond donors (Lipinski definition) is 1. The van der Waals surface area contributed by atoms with E-state index in [1.54, 1.807) is 12.1 Å². The molecule has 104 valence electrons. The minimum absolute atomic E-state index is 0.109. The zero-order valence-corrected chi connectivity index (χ0v) is 12.1. The zero-order chi connectivity index (χ0) is 13.7. The maximum Gasteiger partial charge on any atom is 0.123 e. The lowest BCUT2D eigenvalue weighted by atomic mass is 9.91. The van der Waals surface area contributed by atoms with Crippen LogP contribution in [-0.4, -0.2) is 6.54 Å². The smallest absolute Gasteiger partial charge is 0.123 e. The van der Waals surface area contributed by atoms with Crippen LogP contribution in [0.1, 0.15) is 50.6 Å². The minimum atomic E-state index is -0.222. The van der Waals surface area contributed by atoms with Gasteiger partial charge in [-0.3, -0.25) is 0 Å². The summed E-state index contributed by atoms with van der Waals surface area (Å²) >= 11 is 6.22. The largest absolute Gasteiger partial charge is 0.310 e. The molecule has 0 radical (unpaired) electrons. The Morgan fingerprint density at radius 2 is 2.21 bits per heavy atom. The van der Waals surface area contributed by atoms with Gasteiger partial charge in [0.15, 0.2) is 0 Å². The van der Waals surface area contributed by atoms with E-state index >= 15 is 0 Å². The molecule has 1 aromatic carbocycles. The first-order valence-corrected chi connectivity index (χ1v) is 7.44. The zero-order valence-electron chi connectivity index (χ0n) is 11.4. The fraction of sp³-hybridized carbons (Fsp3) is 0.500. The molecule has 0 amide bonds. The lowest BCUT2D eigenvalue weighted by molar-refractivity contribution is 0.523. The molecule has 1 nitrogen and oxygen atoms in total. The second kappa shape index (κ2) is 7.06. The van der Waals surface area contributed by atoms with E-state index in [9.17, 15) is 4.39 Å². The van der Waals surface area contributed by atoms with Crippen LogP contribution in [-0.2, 0) is 0 Å². The van der Waals surface area contributed by atoms with Gasteiger partial charge in [0, 0.05) is 11.1 Å². The molecule has 1 atom stereocenters. The molecular formula is C16H21ClFN. The monoisotopic (exact) mass is 281 g/mol. The van der Waals surface area contributed by atoms with Crippen molar-refractivity contribution < 1.29 is 4.39 Å². The fourth-order valence-electron chi connectivity index (χ4n) is 2.67. The molecule has 1 aliphatic carbocycles. The van der Waals surface area contributed by atoms with E-state index in [0.29, 0.717) is 5.02 Å². The van der Waals surface area contributed by atoms with Crippen molar-refractivity contribution in [3.05, 3.63) is 46.3 Å². The quantitative estimate of drug-likeness (QED) is 0.747. The normalized spacial score (nSPS) is 17.1. The molecule has 0 bridgehead atoms. The van der Waals surface area contributed by atoms with Gasteiger partial charge in [0.05, 0.1) is 0 Å². The first-order chi connectivity index (χ1) is 9.20. The third kappa shape index (κ3) is 4.05. The third-order valence-corrected chi connectivity index (χ3v) is 3.98. The lowest BCUT2D eigenvalue weighted by Crippen LogP contribution is -2.22. The highest BCUT2D eigenvalue weighted by atomic mass is 35.5. The molecule has 1 aromatic rings. The first kappa shape index (κ1) is 14.5. The summed E-state index contributed by atoms with van der Waals surface area (Å²) in [6.45, 7) is 2.92. The molecule has 0 saturated heterocycles. The van der Waals surface area contributed by atoms with Crippen molar-refractivity contribution in [3.63, 3.8) is 0 Å². The first-order valence-electron chi connectivity index (χ1n) is 7.07. The Labute approximate surface area is 119 Å². The van der Waals surface area contributed by atoms with Crippen molar-refractivity contribution in [3.8, 4) is 0 Å². The summed E-state index contributed by atoms with van der Waals surface area (Å²) in [6.07, 6.45) is 8.15. The highest BCUT2D eigenvalue weighted by Crippen LogP contribution is 2.31. The topological polar surface area (TPSA) is 12.0 Å². The number of hydrogen-bond acceptors (Lipinski definition) is 1. The van der Waals surface area contributed by atoms with Gasteiger partial charge < -0.3 is 5.32 Å². The molecule has 0 aliphatic heterocycles. The Morgan fingerprint density at radius 1 is 1.37 bits per heavy atom. The summed E-state index contributed by atoms with van der Waals surface area (Å²) in [4.78, 5) is 0. The third-order valence-electron chi connectivity index (χ3n) is 3.64. The SMILES string of the molecule is CCNC(CC1=CCCCC1)c1cc(F)ccc1Cl. The molecule has 1 aliphatic rings. The summed E-state index contributed by atoms with van der Waals surface area (Å²) < 4.78 is 13.4. The van der Waals surface area contributed by atoms with Crippen molar-refractivity contribution >= 4 is 11.6 Å². The molecule has 1 unspecified atom stereocenters. The van der Waals surface area contributed by atoms with Crippen molar-refractivity contribution in [2.24, 2.45) is 0 Å². The molecule has 19 heavy (non-hydrogen) atoms. The van der Waals surface area contributed by atoms with Gasteiger partial charge in [-0.05, 0) is 62.4 Å². The summed E-state index contributed by atoms with van der Waals surface area (Å²) in [5, 5.41) is 4.06. The second-order valence-electron chi connectivity index (χ2n) is 5.09. The van der Waals surface area contributed by atoms with E-state index in [-0.39, 0.29) is 11.9 Å². The van der Waals surface area contributed by atoms with E-state index in [1.807, 2.05) is 0 Å². The van der Waals surface area contributed by atoms with Gasteiger partial charge in [0.1, 0.15) is 5.82 Å². The van der Waals surface area contributed by atoms with Crippen LogP contribution in [0, 0.1) is 5.82 Å². The van der Waals surface area contributed by atoms with E-state index < -0.39 is 0 Å². The Bertz CT molecular complexity index is 456. The molecule has 1 N–H and O–H groups in total. The van der Waals surface area contributed by atoms with Crippen LogP contribution in [0.2, 0.25) is 5.02 Å². The predicted molar refractivity (Wildman–Crippen MR) is 79.0 cm³/mol. The molecule has 0 heterocycles. The van der Waals surface area contributed by atoms with Crippen molar-refractivity contribution in [1.82, 2.24) is 5.32 Å². The van der Waals surface area contributed by atoms with Crippen LogP contribution < -0.4 is 5.32 Å². The van der Waals surface area contributed by atoms with Gasteiger partial charge >= 0.3 is 0 Å². The number of allylic oxidation sites excluding steroid dienone is 1. The summed E-state index contributed by atoms with van der Waals surface area (Å²) in [6, 6.07) is 4.72. The van der Waals surface area contributed by atoms with Crippen molar-refractivity contribution in [1.29, 1.82) is 0 Å². The van der Waals surface area contributed by atoms with Gasteiger partial charge in [-0.1, -0.05) is 30.2 Å².